The van der Waals surface area contributed by atoms with E-state index >= 15 is 0 Å². The Kier molecular flexibility index (Phi) is 1.12. The zero-order chi connectivity index (χ0) is 8.11. The first kappa shape index (κ1) is 7.03. The van der Waals surface area contributed by atoms with E-state index in [1.165, 1.54) is 7.11 Å². The summed E-state index contributed by atoms with van der Waals surface area (Å²) >= 11 is 0. The quantitative estimate of drug-likeness (QED) is 0.561. The number of rotatable bonds is 1. The van der Waals surface area contributed by atoms with E-state index in [1.54, 1.807) is 12.2 Å². The van der Waals surface area contributed by atoms with Crippen molar-refractivity contribution in [2.75, 3.05) is 7.11 Å². The molecule has 0 amide bonds. The van der Waals surface area contributed by atoms with Crippen molar-refractivity contribution in [3.8, 4) is 0 Å². The van der Waals surface area contributed by atoms with Crippen molar-refractivity contribution in [3.63, 3.8) is 0 Å². The molecule has 0 aromatic carbocycles. The Morgan fingerprint density at radius 2 is 2.36 bits per heavy atom. The predicted octanol–water partition coefficient (Wildman–Crippen LogP) is 0.564. The van der Waals surface area contributed by atoms with E-state index in [0.29, 0.717) is 0 Å². The Morgan fingerprint density at radius 1 is 1.64 bits per heavy atom. The van der Waals surface area contributed by atoms with E-state index in [9.17, 15) is 5.11 Å². The van der Waals surface area contributed by atoms with Crippen LogP contribution in [0.4, 0.5) is 0 Å². The highest BCUT2D eigenvalue weighted by Crippen LogP contribution is 2.51. The molecule has 0 bridgehead atoms. The van der Waals surface area contributed by atoms with Crippen molar-refractivity contribution in [1.82, 2.24) is 0 Å². The van der Waals surface area contributed by atoms with E-state index in [4.69, 9.17) is 9.47 Å². The summed E-state index contributed by atoms with van der Waals surface area (Å²) in [6.07, 6.45) is 5.24. The summed E-state index contributed by atoms with van der Waals surface area (Å²) in [6.45, 7) is 1.90. The third-order valence-electron chi connectivity index (χ3n) is 2.06. The molecule has 1 saturated heterocycles. The van der Waals surface area contributed by atoms with Gasteiger partial charge in [0.05, 0.1) is 0 Å². The van der Waals surface area contributed by atoms with Gasteiger partial charge in [0.2, 0.25) is 5.79 Å². The molecule has 1 N–H and O–H groups in total. The number of hydrogen-bond acceptors (Lipinski definition) is 3. The molecule has 60 valence electrons. The SMILES string of the molecule is COC12C=CC(C)=CC1(O)O2. The molecule has 11 heavy (non-hydrogen) atoms. The summed E-state index contributed by atoms with van der Waals surface area (Å²) in [6, 6.07) is 0. The van der Waals surface area contributed by atoms with Gasteiger partial charge in [-0.15, -0.1) is 0 Å². The fourth-order valence-electron chi connectivity index (χ4n) is 1.34. The lowest BCUT2D eigenvalue weighted by Crippen LogP contribution is -2.26. The van der Waals surface area contributed by atoms with E-state index < -0.39 is 11.6 Å². The minimum absolute atomic E-state index is 0.896. The van der Waals surface area contributed by atoms with E-state index in [0.717, 1.165) is 5.57 Å². The Morgan fingerprint density at radius 3 is 2.91 bits per heavy atom. The van der Waals surface area contributed by atoms with E-state index in [1.807, 2.05) is 13.0 Å². The van der Waals surface area contributed by atoms with Gasteiger partial charge in [0.1, 0.15) is 0 Å². The lowest BCUT2D eigenvalue weighted by molar-refractivity contribution is 0.0263. The Balaban J connectivity index is 2.34. The van der Waals surface area contributed by atoms with Gasteiger partial charge in [0.15, 0.2) is 0 Å². The standard InChI is InChI=1S/C8H10O3/c1-6-3-4-8(10-2)7(9,5-6)11-8/h3-5,9H,1-2H3. The third kappa shape index (κ3) is 0.730. The van der Waals surface area contributed by atoms with Gasteiger partial charge in [-0.05, 0) is 24.6 Å². The zero-order valence-corrected chi connectivity index (χ0v) is 6.50. The molecule has 0 spiro atoms. The van der Waals surface area contributed by atoms with E-state index in [2.05, 4.69) is 0 Å². The molecular weight excluding hydrogens is 144 g/mol. The molecule has 0 aromatic rings. The lowest BCUT2D eigenvalue weighted by Gasteiger charge is -2.11. The van der Waals surface area contributed by atoms with Gasteiger partial charge in [-0.2, -0.15) is 0 Å². The van der Waals surface area contributed by atoms with Crippen LogP contribution in [0.2, 0.25) is 0 Å². The summed E-state index contributed by atoms with van der Waals surface area (Å²) in [5.74, 6) is -2.10. The molecule has 3 nitrogen and oxygen atoms in total. The summed E-state index contributed by atoms with van der Waals surface area (Å²) in [5.41, 5.74) is 0.984. The lowest BCUT2D eigenvalue weighted by atomic mass is 10.0. The van der Waals surface area contributed by atoms with Crippen LogP contribution in [-0.4, -0.2) is 23.8 Å². The number of epoxide rings is 1. The highest BCUT2D eigenvalue weighted by Gasteiger charge is 2.69. The highest BCUT2D eigenvalue weighted by molar-refractivity contribution is 5.36. The molecule has 2 aliphatic rings. The van der Waals surface area contributed by atoms with Gasteiger partial charge in [0, 0.05) is 7.11 Å². The van der Waals surface area contributed by atoms with Gasteiger partial charge in [-0.25, -0.2) is 0 Å². The molecule has 1 fully saturated rings. The molecule has 0 radical (unpaired) electrons. The molecule has 1 aliphatic carbocycles. The first-order chi connectivity index (χ1) is 5.12. The largest absolute Gasteiger partial charge is 0.358 e. The van der Waals surface area contributed by atoms with E-state index in [-0.39, 0.29) is 0 Å². The second kappa shape index (κ2) is 1.75. The summed E-state index contributed by atoms with van der Waals surface area (Å²) < 4.78 is 10.0. The maximum absolute atomic E-state index is 9.59. The molecule has 2 rings (SSSR count). The predicted molar refractivity (Wildman–Crippen MR) is 38.7 cm³/mol. The monoisotopic (exact) mass is 154 g/mol. The van der Waals surface area contributed by atoms with Crippen molar-refractivity contribution >= 4 is 0 Å². The molecule has 2 unspecified atom stereocenters. The van der Waals surface area contributed by atoms with Crippen molar-refractivity contribution in [2.45, 2.75) is 18.5 Å². The minimum Gasteiger partial charge on any atom is -0.358 e. The normalized spacial score (nSPS) is 46.6. The van der Waals surface area contributed by atoms with Crippen molar-refractivity contribution in [2.24, 2.45) is 0 Å². The zero-order valence-electron chi connectivity index (χ0n) is 6.50. The smallest absolute Gasteiger partial charge is 0.251 e. The number of hydrogen-bond donors (Lipinski definition) is 1. The Labute approximate surface area is 64.9 Å². The van der Waals surface area contributed by atoms with Crippen LogP contribution in [0.5, 0.6) is 0 Å². The maximum Gasteiger partial charge on any atom is 0.251 e. The average Bonchev–Trinajstić information content (AvgIpc) is 2.55. The summed E-state index contributed by atoms with van der Waals surface area (Å²) in [5, 5.41) is 9.59. The van der Waals surface area contributed by atoms with Gasteiger partial charge in [-0.1, -0.05) is 6.08 Å². The van der Waals surface area contributed by atoms with Crippen molar-refractivity contribution < 1.29 is 14.6 Å². The van der Waals surface area contributed by atoms with Gasteiger partial charge in [-0.3, -0.25) is 4.74 Å². The summed E-state index contributed by atoms with van der Waals surface area (Å²) in [4.78, 5) is 0. The number of ether oxygens (including phenoxy) is 2. The van der Waals surface area contributed by atoms with Crippen LogP contribution >= 0.6 is 0 Å². The first-order valence-electron chi connectivity index (χ1n) is 3.48. The van der Waals surface area contributed by atoms with Crippen LogP contribution in [0, 0.1) is 0 Å². The first-order valence-corrected chi connectivity index (χ1v) is 3.48. The van der Waals surface area contributed by atoms with Crippen LogP contribution in [0.1, 0.15) is 6.92 Å². The third-order valence-corrected chi connectivity index (χ3v) is 2.06. The maximum atomic E-state index is 9.59. The number of fused-ring (bicyclic) bond motifs is 1. The average molecular weight is 154 g/mol. The molecule has 2 atom stereocenters. The van der Waals surface area contributed by atoms with Gasteiger partial charge >= 0.3 is 0 Å². The summed E-state index contributed by atoms with van der Waals surface area (Å²) in [7, 11) is 1.51. The van der Waals surface area contributed by atoms with Crippen LogP contribution in [-0.2, 0) is 9.47 Å². The number of aliphatic hydroxyl groups is 1. The van der Waals surface area contributed by atoms with Crippen LogP contribution in [0.3, 0.4) is 0 Å². The van der Waals surface area contributed by atoms with Crippen molar-refractivity contribution in [1.29, 1.82) is 0 Å². The molecular formula is C8H10O3. The fourth-order valence-corrected chi connectivity index (χ4v) is 1.34. The Hall–Kier alpha value is -0.640. The fraction of sp³-hybridized carbons (Fsp3) is 0.500. The van der Waals surface area contributed by atoms with Crippen LogP contribution in [0.15, 0.2) is 23.8 Å². The number of allylic oxidation sites excluding steroid dienone is 2. The van der Waals surface area contributed by atoms with Gasteiger partial charge in [0.25, 0.3) is 5.79 Å². The highest BCUT2D eigenvalue weighted by atomic mass is 16.9. The number of methoxy groups -OCH3 is 1. The molecule has 1 heterocycles. The van der Waals surface area contributed by atoms with Crippen LogP contribution < -0.4 is 0 Å². The Bertz CT molecular complexity index is 256. The molecule has 0 saturated carbocycles. The topological polar surface area (TPSA) is 42.0 Å². The molecule has 0 aromatic heterocycles. The molecule has 3 heteroatoms. The second-order valence-corrected chi connectivity index (χ2v) is 2.89. The minimum atomic E-state index is -1.21. The van der Waals surface area contributed by atoms with Crippen molar-refractivity contribution in [3.05, 3.63) is 23.8 Å². The second-order valence-electron chi connectivity index (χ2n) is 2.89. The molecule has 1 aliphatic heterocycles. The van der Waals surface area contributed by atoms with Crippen LogP contribution in [0.25, 0.3) is 0 Å². The van der Waals surface area contributed by atoms with Gasteiger partial charge < -0.3 is 9.84 Å².